The smallest absolute Gasteiger partial charge is 0.184 e. The molecular formula is C24H23N3O4S. The van der Waals surface area contributed by atoms with Crippen molar-refractivity contribution in [1.82, 2.24) is 9.97 Å². The quantitative estimate of drug-likeness (QED) is 0.438. The van der Waals surface area contributed by atoms with E-state index in [0.717, 1.165) is 5.56 Å². The summed E-state index contributed by atoms with van der Waals surface area (Å²) < 4.78 is 36.9. The van der Waals surface area contributed by atoms with Gasteiger partial charge in [0.05, 0.1) is 35.8 Å². The molecule has 4 rings (SSSR count). The number of sulfone groups is 1. The predicted molar refractivity (Wildman–Crippen MR) is 124 cm³/mol. The largest absolute Gasteiger partial charge is 0.497 e. The van der Waals surface area contributed by atoms with Gasteiger partial charge in [0.15, 0.2) is 15.7 Å². The summed E-state index contributed by atoms with van der Waals surface area (Å²) in [6, 6.07) is 19.4. The van der Waals surface area contributed by atoms with Gasteiger partial charge in [0, 0.05) is 23.9 Å². The molecule has 0 amide bonds. The second kappa shape index (κ2) is 8.84. The van der Waals surface area contributed by atoms with Crippen LogP contribution in [0.15, 0.2) is 71.6 Å². The number of rotatable bonds is 7. The number of hydrogen-bond acceptors (Lipinski definition) is 7. The van der Waals surface area contributed by atoms with Gasteiger partial charge in [-0.3, -0.25) is 0 Å². The number of nitrogens with zero attached hydrogens (tertiary/aromatic N) is 2. The Morgan fingerprint density at radius 1 is 0.844 bits per heavy atom. The number of aromatic nitrogens is 2. The average molecular weight is 450 g/mol. The van der Waals surface area contributed by atoms with E-state index in [4.69, 9.17) is 9.47 Å². The fourth-order valence-corrected chi connectivity index (χ4v) is 4.54. The Labute approximate surface area is 187 Å². The highest BCUT2D eigenvalue weighted by Gasteiger charge is 2.20. The van der Waals surface area contributed by atoms with Gasteiger partial charge in [0.1, 0.15) is 17.3 Å². The van der Waals surface area contributed by atoms with Crippen LogP contribution >= 0.6 is 0 Å². The summed E-state index contributed by atoms with van der Waals surface area (Å²) in [4.78, 5) is 9.51. The summed E-state index contributed by atoms with van der Waals surface area (Å²) >= 11 is 0. The van der Waals surface area contributed by atoms with Gasteiger partial charge in [-0.15, -0.1) is 0 Å². The molecule has 0 atom stereocenters. The zero-order valence-electron chi connectivity index (χ0n) is 18.0. The van der Waals surface area contributed by atoms with E-state index < -0.39 is 9.84 Å². The summed E-state index contributed by atoms with van der Waals surface area (Å²) in [5, 5.41) is 3.20. The minimum atomic E-state index is -3.63. The first kappa shape index (κ1) is 21.6. The van der Waals surface area contributed by atoms with Crippen molar-refractivity contribution in [2.75, 3.05) is 19.5 Å². The fraction of sp³-hybridized carbons (Fsp3) is 0.167. The number of nitrogens with one attached hydrogen (secondary N) is 1. The lowest BCUT2D eigenvalue weighted by Gasteiger charge is -2.14. The van der Waals surface area contributed by atoms with E-state index >= 15 is 0 Å². The molecule has 0 bridgehead atoms. The van der Waals surface area contributed by atoms with Gasteiger partial charge < -0.3 is 14.8 Å². The van der Waals surface area contributed by atoms with Crippen molar-refractivity contribution in [1.29, 1.82) is 0 Å². The number of methoxy groups -OCH3 is 2. The Morgan fingerprint density at radius 3 is 2.03 bits per heavy atom. The highest BCUT2D eigenvalue weighted by molar-refractivity contribution is 7.90. The van der Waals surface area contributed by atoms with Crippen LogP contribution in [0.2, 0.25) is 0 Å². The normalized spacial score (nSPS) is 11.3. The van der Waals surface area contributed by atoms with Crippen LogP contribution in [0.25, 0.3) is 11.0 Å². The van der Waals surface area contributed by atoms with E-state index in [1.54, 1.807) is 56.7 Å². The summed E-state index contributed by atoms with van der Waals surface area (Å²) in [7, 11) is -0.504. The molecule has 0 aliphatic heterocycles. The predicted octanol–water partition coefficient (Wildman–Crippen LogP) is 4.67. The molecule has 0 unspecified atom stereocenters. The number of aryl methyl sites for hydroxylation is 1. The summed E-state index contributed by atoms with van der Waals surface area (Å²) in [5.41, 5.74) is 3.23. The summed E-state index contributed by atoms with van der Waals surface area (Å²) in [6.07, 6.45) is 0. The molecular weight excluding hydrogens is 426 g/mol. The second-order valence-electron chi connectivity index (χ2n) is 7.31. The lowest BCUT2D eigenvalue weighted by Crippen LogP contribution is -2.10. The van der Waals surface area contributed by atoms with Gasteiger partial charge in [0.25, 0.3) is 0 Å². The third-order valence-electron chi connectivity index (χ3n) is 4.96. The van der Waals surface area contributed by atoms with Crippen molar-refractivity contribution in [3.05, 3.63) is 78.0 Å². The first-order valence-electron chi connectivity index (χ1n) is 9.93. The molecule has 0 aliphatic carbocycles. The number of ether oxygens (including phenoxy) is 2. The lowest BCUT2D eigenvalue weighted by atomic mass is 10.2. The van der Waals surface area contributed by atoms with E-state index in [2.05, 4.69) is 15.3 Å². The van der Waals surface area contributed by atoms with Gasteiger partial charge >= 0.3 is 0 Å². The highest BCUT2D eigenvalue weighted by Crippen LogP contribution is 2.30. The minimum Gasteiger partial charge on any atom is -0.497 e. The topological polar surface area (TPSA) is 90.4 Å². The Balaban J connectivity index is 1.78. The SMILES string of the molecule is COc1cc(Nc2nc3ccccc3nc2CS(=O)(=O)c2ccc(C)cc2)cc(OC)c1. The van der Waals surface area contributed by atoms with Gasteiger partial charge in [-0.2, -0.15) is 0 Å². The molecule has 32 heavy (non-hydrogen) atoms. The van der Waals surface area contributed by atoms with E-state index in [9.17, 15) is 8.42 Å². The van der Waals surface area contributed by atoms with Gasteiger partial charge in [-0.25, -0.2) is 18.4 Å². The van der Waals surface area contributed by atoms with Crippen LogP contribution in [-0.4, -0.2) is 32.6 Å². The zero-order valence-corrected chi connectivity index (χ0v) is 18.8. The monoisotopic (exact) mass is 449 g/mol. The molecule has 164 valence electrons. The molecule has 0 saturated heterocycles. The van der Waals surface area contributed by atoms with E-state index in [-0.39, 0.29) is 10.6 Å². The van der Waals surface area contributed by atoms with E-state index in [0.29, 0.717) is 39.7 Å². The Morgan fingerprint density at radius 2 is 1.44 bits per heavy atom. The van der Waals surface area contributed by atoms with Crippen molar-refractivity contribution in [3.63, 3.8) is 0 Å². The van der Waals surface area contributed by atoms with Crippen LogP contribution in [0.5, 0.6) is 11.5 Å². The van der Waals surface area contributed by atoms with Crippen LogP contribution in [0.4, 0.5) is 11.5 Å². The number of fused-ring (bicyclic) bond motifs is 1. The molecule has 4 aromatic rings. The number of anilines is 2. The van der Waals surface area contributed by atoms with E-state index in [1.807, 2.05) is 31.2 Å². The second-order valence-corrected chi connectivity index (χ2v) is 9.30. The molecule has 1 N–H and O–H groups in total. The maximum Gasteiger partial charge on any atom is 0.184 e. The molecule has 0 fully saturated rings. The van der Waals surface area contributed by atoms with Gasteiger partial charge in [0.2, 0.25) is 0 Å². The molecule has 3 aromatic carbocycles. The summed E-state index contributed by atoms with van der Waals surface area (Å²) in [6.45, 7) is 1.91. The Kier molecular flexibility index (Phi) is 5.96. The molecule has 0 saturated carbocycles. The van der Waals surface area contributed by atoms with Crippen molar-refractivity contribution in [3.8, 4) is 11.5 Å². The van der Waals surface area contributed by atoms with Crippen LogP contribution in [-0.2, 0) is 15.6 Å². The van der Waals surface area contributed by atoms with Gasteiger partial charge in [-0.05, 0) is 31.2 Å². The number of benzene rings is 3. The molecule has 7 nitrogen and oxygen atoms in total. The molecule has 1 heterocycles. The number of para-hydroxylation sites is 2. The maximum atomic E-state index is 13.1. The molecule has 8 heteroatoms. The Hall–Kier alpha value is -3.65. The molecule has 0 aliphatic rings. The first-order valence-corrected chi connectivity index (χ1v) is 11.6. The number of hydrogen-bond donors (Lipinski definition) is 1. The fourth-order valence-electron chi connectivity index (χ4n) is 3.26. The van der Waals surface area contributed by atoms with Crippen molar-refractivity contribution in [2.45, 2.75) is 17.6 Å². The first-order chi connectivity index (χ1) is 15.4. The third kappa shape index (κ3) is 4.65. The van der Waals surface area contributed by atoms with Crippen LogP contribution in [0.3, 0.4) is 0 Å². The lowest BCUT2D eigenvalue weighted by molar-refractivity contribution is 0.395. The minimum absolute atomic E-state index is 0.243. The van der Waals surface area contributed by atoms with Crippen molar-refractivity contribution >= 4 is 32.4 Å². The van der Waals surface area contributed by atoms with Crippen molar-refractivity contribution < 1.29 is 17.9 Å². The van der Waals surface area contributed by atoms with Crippen LogP contribution < -0.4 is 14.8 Å². The average Bonchev–Trinajstić information content (AvgIpc) is 2.79. The third-order valence-corrected chi connectivity index (χ3v) is 6.61. The Bertz CT molecular complexity index is 1350. The van der Waals surface area contributed by atoms with E-state index in [1.165, 1.54) is 0 Å². The molecule has 0 spiro atoms. The summed E-state index contributed by atoms with van der Waals surface area (Å²) in [5.74, 6) is 1.25. The van der Waals surface area contributed by atoms with Crippen LogP contribution in [0, 0.1) is 6.92 Å². The highest BCUT2D eigenvalue weighted by atomic mass is 32.2. The van der Waals surface area contributed by atoms with Crippen molar-refractivity contribution in [2.24, 2.45) is 0 Å². The standard InChI is InChI=1S/C24H23N3O4S/c1-16-8-10-20(11-9-16)32(28,29)15-23-24(27-22-7-5-4-6-21(22)26-23)25-17-12-18(30-2)14-19(13-17)31-3/h4-14H,15H2,1-3H3,(H,25,27). The van der Waals surface area contributed by atoms with Gasteiger partial charge in [-0.1, -0.05) is 29.8 Å². The van der Waals surface area contributed by atoms with Crippen LogP contribution in [0.1, 0.15) is 11.3 Å². The maximum absolute atomic E-state index is 13.1. The molecule has 1 aromatic heterocycles. The zero-order chi connectivity index (χ0) is 22.7. The molecule has 0 radical (unpaired) electrons.